The van der Waals surface area contributed by atoms with Crippen molar-refractivity contribution < 1.29 is 9.16 Å². The number of ether oxygens (including phenoxy) is 1. The predicted octanol–water partition coefficient (Wildman–Crippen LogP) is 3.82. The Morgan fingerprint density at radius 2 is 1.69 bits per heavy atom. The second-order valence-corrected chi connectivity index (χ2v) is 9.76. The fourth-order valence-corrected chi connectivity index (χ4v) is 5.51. The lowest BCUT2D eigenvalue weighted by Gasteiger charge is -2.35. The molecule has 0 aromatic carbocycles. The summed E-state index contributed by atoms with van der Waals surface area (Å²) in [7, 11) is -1.44. The van der Waals surface area contributed by atoms with E-state index < -0.39 is 8.32 Å². The van der Waals surface area contributed by atoms with Gasteiger partial charge < -0.3 is 9.16 Å². The number of hydrogen-bond acceptors (Lipinski definition) is 2. The van der Waals surface area contributed by atoms with Crippen LogP contribution in [0.15, 0.2) is 0 Å². The number of hydrogen-bond donors (Lipinski definition) is 0. The SMILES string of the molecule is CC[C@H](O[Si](CC)(CC)CC)[C@H](C)[C@@H]1CO1. The average Bonchev–Trinajstić information content (AvgIpc) is 3.15. The van der Waals surface area contributed by atoms with E-state index in [2.05, 4.69) is 34.6 Å². The van der Waals surface area contributed by atoms with E-state index in [9.17, 15) is 0 Å². The maximum atomic E-state index is 6.56. The Hall–Kier alpha value is 0.137. The third-order valence-corrected chi connectivity index (χ3v) is 8.94. The molecule has 0 aromatic rings. The molecule has 0 saturated carbocycles. The normalized spacial score (nSPS) is 24.2. The van der Waals surface area contributed by atoms with Gasteiger partial charge in [-0.1, -0.05) is 34.6 Å². The van der Waals surface area contributed by atoms with E-state index in [1.807, 2.05) is 0 Å². The molecule has 0 spiro atoms. The van der Waals surface area contributed by atoms with Crippen LogP contribution in [0.4, 0.5) is 0 Å². The van der Waals surface area contributed by atoms with Crippen molar-refractivity contribution >= 4 is 8.32 Å². The molecule has 3 atom stereocenters. The van der Waals surface area contributed by atoms with Gasteiger partial charge in [0.2, 0.25) is 0 Å². The molecule has 16 heavy (non-hydrogen) atoms. The standard InChI is InChI=1S/C13H28O2Si/c1-6-12(11(5)13-10-14-13)15-16(7-2,8-3)9-4/h11-13H,6-10H2,1-5H3/t11-,12-,13-/m0/s1. The molecule has 0 bridgehead atoms. The summed E-state index contributed by atoms with van der Waals surface area (Å²) in [5.41, 5.74) is 0. The van der Waals surface area contributed by atoms with Crippen LogP contribution >= 0.6 is 0 Å². The Bertz CT molecular complexity index is 192. The van der Waals surface area contributed by atoms with Crippen LogP contribution in [0.3, 0.4) is 0 Å². The molecule has 1 saturated heterocycles. The summed E-state index contributed by atoms with van der Waals surface area (Å²) in [6.45, 7) is 12.4. The largest absolute Gasteiger partial charge is 0.414 e. The van der Waals surface area contributed by atoms with Crippen molar-refractivity contribution in [2.24, 2.45) is 5.92 Å². The van der Waals surface area contributed by atoms with Crippen LogP contribution in [-0.4, -0.2) is 27.1 Å². The zero-order valence-electron chi connectivity index (χ0n) is 11.6. The van der Waals surface area contributed by atoms with Crippen LogP contribution in [0.2, 0.25) is 18.1 Å². The van der Waals surface area contributed by atoms with Gasteiger partial charge in [0.25, 0.3) is 0 Å². The highest BCUT2D eigenvalue weighted by atomic mass is 28.4. The molecule has 1 aliphatic rings. The van der Waals surface area contributed by atoms with Gasteiger partial charge in [0.05, 0.1) is 12.7 Å². The molecule has 3 heteroatoms. The van der Waals surface area contributed by atoms with E-state index in [1.54, 1.807) is 0 Å². The summed E-state index contributed by atoms with van der Waals surface area (Å²) in [6.07, 6.45) is 2.01. The lowest BCUT2D eigenvalue weighted by atomic mass is 10.00. The summed E-state index contributed by atoms with van der Waals surface area (Å²) in [5, 5.41) is 0. The van der Waals surface area contributed by atoms with Crippen molar-refractivity contribution in [3.05, 3.63) is 0 Å². The molecule has 1 rings (SSSR count). The second kappa shape index (κ2) is 6.17. The Kier molecular flexibility index (Phi) is 5.48. The molecule has 2 nitrogen and oxygen atoms in total. The third kappa shape index (κ3) is 3.31. The Balaban J connectivity index is 2.58. The monoisotopic (exact) mass is 244 g/mol. The highest BCUT2D eigenvalue weighted by molar-refractivity contribution is 6.73. The first kappa shape index (κ1) is 14.2. The maximum Gasteiger partial charge on any atom is 0.192 e. The summed E-state index contributed by atoms with van der Waals surface area (Å²) in [6, 6.07) is 3.73. The molecule has 1 aliphatic heterocycles. The van der Waals surface area contributed by atoms with Gasteiger partial charge in [0.15, 0.2) is 8.32 Å². The fourth-order valence-electron chi connectivity index (χ4n) is 2.48. The maximum absolute atomic E-state index is 6.56. The smallest absolute Gasteiger partial charge is 0.192 e. The van der Waals surface area contributed by atoms with Gasteiger partial charge in [0.1, 0.15) is 0 Å². The van der Waals surface area contributed by atoms with Crippen LogP contribution in [0, 0.1) is 5.92 Å². The van der Waals surface area contributed by atoms with Crippen molar-refractivity contribution in [1.29, 1.82) is 0 Å². The summed E-state index contributed by atoms with van der Waals surface area (Å²) in [5.74, 6) is 0.571. The number of epoxide rings is 1. The van der Waals surface area contributed by atoms with Gasteiger partial charge in [-0.25, -0.2) is 0 Å². The minimum Gasteiger partial charge on any atom is -0.414 e. The lowest BCUT2D eigenvalue weighted by molar-refractivity contribution is 0.107. The van der Waals surface area contributed by atoms with Crippen molar-refractivity contribution in [2.75, 3.05) is 6.61 Å². The van der Waals surface area contributed by atoms with Gasteiger partial charge in [-0.2, -0.15) is 0 Å². The van der Waals surface area contributed by atoms with E-state index >= 15 is 0 Å². The molecule has 0 radical (unpaired) electrons. The highest BCUT2D eigenvalue weighted by Crippen LogP contribution is 2.31. The zero-order valence-corrected chi connectivity index (χ0v) is 12.6. The molecule has 0 amide bonds. The molecule has 0 aliphatic carbocycles. The molecule has 1 fully saturated rings. The zero-order chi connectivity index (χ0) is 12.2. The number of rotatable bonds is 8. The summed E-state index contributed by atoms with van der Waals surface area (Å²) < 4.78 is 12.0. The minimum atomic E-state index is -1.44. The van der Waals surface area contributed by atoms with E-state index in [0.29, 0.717) is 18.1 Å². The van der Waals surface area contributed by atoms with E-state index in [1.165, 1.54) is 18.1 Å². The van der Waals surface area contributed by atoms with Crippen LogP contribution in [-0.2, 0) is 9.16 Å². The van der Waals surface area contributed by atoms with E-state index in [-0.39, 0.29) is 0 Å². The first-order valence-corrected chi connectivity index (χ1v) is 9.44. The van der Waals surface area contributed by atoms with Gasteiger partial charge in [0, 0.05) is 12.0 Å². The van der Waals surface area contributed by atoms with Crippen molar-refractivity contribution in [1.82, 2.24) is 0 Å². The Morgan fingerprint density at radius 3 is 2.00 bits per heavy atom. The topological polar surface area (TPSA) is 21.8 Å². The Morgan fingerprint density at radius 1 is 1.19 bits per heavy atom. The molecule has 96 valence electrons. The van der Waals surface area contributed by atoms with Crippen LogP contribution in [0.25, 0.3) is 0 Å². The highest BCUT2D eigenvalue weighted by Gasteiger charge is 2.39. The fraction of sp³-hybridized carbons (Fsp3) is 1.00. The van der Waals surface area contributed by atoms with Gasteiger partial charge in [-0.15, -0.1) is 0 Å². The van der Waals surface area contributed by atoms with E-state index in [4.69, 9.17) is 9.16 Å². The van der Waals surface area contributed by atoms with Crippen molar-refractivity contribution in [3.63, 3.8) is 0 Å². The molecule has 0 N–H and O–H groups in total. The van der Waals surface area contributed by atoms with Gasteiger partial charge >= 0.3 is 0 Å². The first-order valence-electron chi connectivity index (χ1n) is 6.91. The second-order valence-electron chi connectivity index (χ2n) is 5.04. The molecule has 1 heterocycles. The lowest BCUT2D eigenvalue weighted by Crippen LogP contribution is -2.42. The Labute approximate surface area is 102 Å². The van der Waals surface area contributed by atoms with Crippen LogP contribution in [0.1, 0.15) is 41.0 Å². The minimum absolute atomic E-state index is 0.416. The van der Waals surface area contributed by atoms with Gasteiger partial charge in [-0.3, -0.25) is 0 Å². The average molecular weight is 244 g/mol. The first-order chi connectivity index (χ1) is 7.62. The molecule has 0 unspecified atom stereocenters. The summed E-state index contributed by atoms with van der Waals surface area (Å²) >= 11 is 0. The summed E-state index contributed by atoms with van der Waals surface area (Å²) in [4.78, 5) is 0. The van der Waals surface area contributed by atoms with E-state index in [0.717, 1.165) is 13.0 Å². The van der Waals surface area contributed by atoms with Crippen molar-refractivity contribution in [2.45, 2.75) is 71.4 Å². The molecule has 0 aromatic heterocycles. The van der Waals surface area contributed by atoms with Gasteiger partial charge in [-0.05, 0) is 24.6 Å². The van der Waals surface area contributed by atoms with Crippen LogP contribution in [0.5, 0.6) is 0 Å². The molecular weight excluding hydrogens is 216 g/mol. The van der Waals surface area contributed by atoms with Crippen molar-refractivity contribution in [3.8, 4) is 0 Å². The predicted molar refractivity (Wildman–Crippen MR) is 71.3 cm³/mol. The van der Waals surface area contributed by atoms with Crippen LogP contribution < -0.4 is 0 Å². The molecular formula is C13H28O2Si. The third-order valence-electron chi connectivity index (χ3n) is 4.27. The quantitative estimate of drug-likeness (QED) is 0.478.